The largest absolute Gasteiger partial charge is 0.493 e. The van der Waals surface area contributed by atoms with E-state index >= 15 is 0 Å². The number of benzene rings is 2. The van der Waals surface area contributed by atoms with Crippen molar-refractivity contribution in [1.29, 1.82) is 0 Å². The summed E-state index contributed by atoms with van der Waals surface area (Å²) in [4.78, 5) is 2.53. The van der Waals surface area contributed by atoms with Crippen molar-refractivity contribution in [1.82, 2.24) is 15.1 Å². The molecule has 0 spiro atoms. The molecule has 2 heterocycles. The SMILES string of the molecule is COc1ccccc1OCCc1cc(C2CCN(C/C(C)=C/c3ccccc3)C2)n[nH]1. The van der Waals surface area contributed by atoms with Crippen molar-refractivity contribution >= 4 is 6.08 Å². The Kier molecular flexibility index (Phi) is 7.05. The molecular formula is C26H31N3O2. The van der Waals surface area contributed by atoms with Gasteiger partial charge in [0.05, 0.1) is 19.4 Å². The third kappa shape index (κ3) is 5.76. The molecule has 1 saturated heterocycles. The van der Waals surface area contributed by atoms with Gasteiger partial charge in [-0.1, -0.05) is 54.1 Å². The Hall–Kier alpha value is -3.05. The summed E-state index contributed by atoms with van der Waals surface area (Å²) in [5.74, 6) is 2.02. The molecule has 0 aliphatic carbocycles. The summed E-state index contributed by atoms with van der Waals surface area (Å²) in [7, 11) is 1.66. The Bertz CT molecular complexity index is 997. The van der Waals surface area contributed by atoms with Crippen LogP contribution in [0.1, 0.15) is 36.2 Å². The van der Waals surface area contributed by atoms with Gasteiger partial charge in [-0.3, -0.25) is 10.00 Å². The summed E-state index contributed by atoms with van der Waals surface area (Å²) in [6.07, 6.45) is 4.22. The van der Waals surface area contributed by atoms with Crippen molar-refractivity contribution in [2.24, 2.45) is 0 Å². The van der Waals surface area contributed by atoms with Gasteiger partial charge < -0.3 is 9.47 Å². The summed E-state index contributed by atoms with van der Waals surface area (Å²) < 4.78 is 11.2. The summed E-state index contributed by atoms with van der Waals surface area (Å²) in [5, 5.41) is 7.79. The number of para-hydroxylation sites is 2. The number of nitrogens with one attached hydrogen (secondary N) is 1. The minimum atomic E-state index is 0.490. The van der Waals surface area contributed by atoms with Gasteiger partial charge in [0, 0.05) is 31.1 Å². The van der Waals surface area contributed by atoms with Crippen molar-refractivity contribution < 1.29 is 9.47 Å². The number of nitrogens with zero attached hydrogens (tertiary/aromatic N) is 2. The first-order valence-electron chi connectivity index (χ1n) is 11.0. The van der Waals surface area contributed by atoms with Crippen LogP contribution in [-0.4, -0.2) is 48.4 Å². The van der Waals surface area contributed by atoms with E-state index in [1.807, 2.05) is 24.3 Å². The average Bonchev–Trinajstić information content (AvgIpc) is 3.44. The van der Waals surface area contributed by atoms with Crippen molar-refractivity contribution in [3.8, 4) is 11.5 Å². The van der Waals surface area contributed by atoms with E-state index in [1.165, 1.54) is 16.8 Å². The maximum Gasteiger partial charge on any atom is 0.161 e. The maximum absolute atomic E-state index is 5.89. The van der Waals surface area contributed by atoms with Crippen LogP contribution in [0.3, 0.4) is 0 Å². The highest BCUT2D eigenvalue weighted by Crippen LogP contribution is 2.28. The first-order chi connectivity index (χ1) is 15.2. The summed E-state index contributed by atoms with van der Waals surface area (Å²) in [5.41, 5.74) is 4.94. The number of likely N-dealkylation sites (tertiary alicyclic amines) is 1. The molecule has 5 nitrogen and oxygen atoms in total. The van der Waals surface area contributed by atoms with Crippen molar-refractivity contribution in [2.75, 3.05) is 33.4 Å². The Labute approximate surface area is 184 Å². The molecule has 5 heteroatoms. The number of methoxy groups -OCH3 is 1. The zero-order chi connectivity index (χ0) is 21.5. The van der Waals surface area contributed by atoms with Gasteiger partial charge in [-0.2, -0.15) is 5.10 Å². The first-order valence-corrected chi connectivity index (χ1v) is 11.0. The standard InChI is InChI=1S/C26H31N3O2/c1-20(16-21-8-4-3-5-9-21)18-29-14-12-22(19-29)24-17-23(27-28-24)13-15-31-26-11-7-6-10-25(26)30-2/h3-11,16-17,22H,12-15,18-19H2,1-2H3,(H,27,28)/b20-16+. The number of H-pyrrole nitrogens is 1. The molecule has 1 fully saturated rings. The number of hydrogen-bond acceptors (Lipinski definition) is 4. The van der Waals surface area contributed by atoms with E-state index in [2.05, 4.69) is 64.5 Å². The molecule has 1 unspecified atom stereocenters. The second kappa shape index (κ2) is 10.3. The maximum atomic E-state index is 5.89. The molecule has 3 aromatic rings. The van der Waals surface area contributed by atoms with E-state index in [9.17, 15) is 0 Å². The van der Waals surface area contributed by atoms with Crippen LogP contribution < -0.4 is 9.47 Å². The molecule has 0 saturated carbocycles. The number of aromatic nitrogens is 2. The Morgan fingerprint density at radius 2 is 1.90 bits per heavy atom. The average molecular weight is 418 g/mol. The van der Waals surface area contributed by atoms with Gasteiger partial charge in [0.15, 0.2) is 11.5 Å². The fraction of sp³-hybridized carbons (Fsp3) is 0.346. The van der Waals surface area contributed by atoms with Gasteiger partial charge in [0.25, 0.3) is 0 Å². The lowest BCUT2D eigenvalue weighted by Crippen LogP contribution is -2.22. The second-order valence-corrected chi connectivity index (χ2v) is 8.19. The highest BCUT2D eigenvalue weighted by Gasteiger charge is 2.25. The van der Waals surface area contributed by atoms with E-state index in [0.717, 1.165) is 49.7 Å². The minimum Gasteiger partial charge on any atom is -0.493 e. The molecule has 0 bridgehead atoms. The van der Waals surface area contributed by atoms with Crippen LogP contribution in [0.15, 0.2) is 66.2 Å². The van der Waals surface area contributed by atoms with E-state index in [1.54, 1.807) is 7.11 Å². The molecular weight excluding hydrogens is 386 g/mol. The number of hydrogen-bond donors (Lipinski definition) is 1. The monoisotopic (exact) mass is 417 g/mol. The van der Waals surface area contributed by atoms with E-state index in [-0.39, 0.29) is 0 Å². The van der Waals surface area contributed by atoms with Crippen LogP contribution in [0.2, 0.25) is 0 Å². The molecule has 1 atom stereocenters. The molecule has 4 rings (SSSR count). The van der Waals surface area contributed by atoms with Gasteiger partial charge in [-0.25, -0.2) is 0 Å². The quantitative estimate of drug-likeness (QED) is 0.536. The molecule has 1 aliphatic rings. The van der Waals surface area contributed by atoms with Crippen LogP contribution in [0.5, 0.6) is 11.5 Å². The normalized spacial score (nSPS) is 17.1. The predicted octanol–water partition coefficient (Wildman–Crippen LogP) is 4.93. The third-order valence-corrected chi connectivity index (χ3v) is 5.73. The molecule has 1 aromatic heterocycles. The van der Waals surface area contributed by atoms with Crippen LogP contribution in [0.25, 0.3) is 6.08 Å². The lowest BCUT2D eigenvalue weighted by Gasteiger charge is -2.16. The molecule has 1 N–H and O–H groups in total. The summed E-state index contributed by atoms with van der Waals surface area (Å²) in [6, 6.07) is 20.5. The Balaban J connectivity index is 1.26. The van der Waals surface area contributed by atoms with Crippen LogP contribution >= 0.6 is 0 Å². The van der Waals surface area contributed by atoms with Crippen molar-refractivity contribution in [3.63, 3.8) is 0 Å². The fourth-order valence-corrected chi connectivity index (χ4v) is 4.18. The smallest absolute Gasteiger partial charge is 0.161 e. The van der Waals surface area contributed by atoms with E-state index < -0.39 is 0 Å². The number of aromatic amines is 1. The molecule has 1 aliphatic heterocycles. The molecule has 31 heavy (non-hydrogen) atoms. The van der Waals surface area contributed by atoms with Crippen LogP contribution in [0, 0.1) is 0 Å². The highest BCUT2D eigenvalue weighted by atomic mass is 16.5. The van der Waals surface area contributed by atoms with E-state index in [0.29, 0.717) is 12.5 Å². The zero-order valence-electron chi connectivity index (χ0n) is 18.4. The predicted molar refractivity (Wildman–Crippen MR) is 125 cm³/mol. The molecule has 162 valence electrons. The highest BCUT2D eigenvalue weighted by molar-refractivity contribution is 5.52. The van der Waals surface area contributed by atoms with Gasteiger partial charge in [0.2, 0.25) is 0 Å². The minimum absolute atomic E-state index is 0.490. The molecule has 2 aromatic carbocycles. The number of ether oxygens (including phenoxy) is 2. The Morgan fingerprint density at radius 1 is 1.13 bits per heavy atom. The van der Waals surface area contributed by atoms with Gasteiger partial charge in [0.1, 0.15) is 0 Å². The second-order valence-electron chi connectivity index (χ2n) is 8.19. The van der Waals surface area contributed by atoms with Gasteiger partial charge in [-0.05, 0) is 43.7 Å². The van der Waals surface area contributed by atoms with Crippen LogP contribution in [0.4, 0.5) is 0 Å². The van der Waals surface area contributed by atoms with Crippen LogP contribution in [-0.2, 0) is 6.42 Å². The molecule has 0 amide bonds. The van der Waals surface area contributed by atoms with Crippen molar-refractivity contribution in [3.05, 3.63) is 83.2 Å². The topological polar surface area (TPSA) is 50.4 Å². The summed E-state index contributed by atoms with van der Waals surface area (Å²) in [6.45, 7) is 5.98. The number of rotatable bonds is 9. The third-order valence-electron chi connectivity index (χ3n) is 5.73. The fourth-order valence-electron chi connectivity index (χ4n) is 4.18. The summed E-state index contributed by atoms with van der Waals surface area (Å²) >= 11 is 0. The Morgan fingerprint density at radius 3 is 2.71 bits per heavy atom. The van der Waals surface area contributed by atoms with Gasteiger partial charge >= 0.3 is 0 Å². The molecule has 0 radical (unpaired) electrons. The van der Waals surface area contributed by atoms with E-state index in [4.69, 9.17) is 9.47 Å². The van der Waals surface area contributed by atoms with Gasteiger partial charge in [-0.15, -0.1) is 0 Å². The lowest BCUT2D eigenvalue weighted by atomic mass is 10.0. The first kappa shape index (κ1) is 21.2. The van der Waals surface area contributed by atoms with Crippen molar-refractivity contribution in [2.45, 2.75) is 25.7 Å². The zero-order valence-corrected chi connectivity index (χ0v) is 18.4. The lowest BCUT2D eigenvalue weighted by molar-refractivity contribution is 0.296.